The summed E-state index contributed by atoms with van der Waals surface area (Å²) in [6.45, 7) is -1.45. The van der Waals surface area contributed by atoms with Crippen LogP contribution in [-0.2, 0) is 0 Å². The number of aromatic nitrogens is 2. The largest absolute Gasteiger partial charge is 0.493 e. The fraction of sp³-hybridized carbons (Fsp3) is 0.333. The summed E-state index contributed by atoms with van der Waals surface area (Å²) < 4.78 is 11.8. The number of benzene rings is 2. The van der Waals surface area contributed by atoms with Crippen LogP contribution >= 0.6 is 27.5 Å². The average Bonchev–Trinajstić information content (AvgIpc) is 2.83. The molecule has 0 radical (unpaired) electrons. The van der Waals surface area contributed by atoms with E-state index in [2.05, 4.69) is 31.2 Å². The lowest BCUT2D eigenvalue weighted by Gasteiger charge is -2.28. The predicted molar refractivity (Wildman–Crippen MR) is 129 cm³/mol. The number of nitrogens with zero attached hydrogens (tertiary/aromatic N) is 2. The molecule has 0 saturated carbocycles. The molecule has 2 aromatic carbocycles. The third kappa shape index (κ3) is 6.23. The van der Waals surface area contributed by atoms with Crippen LogP contribution in [0.1, 0.15) is 0 Å². The van der Waals surface area contributed by atoms with Crippen LogP contribution in [0.15, 0.2) is 41.1 Å². The first-order valence-electron chi connectivity index (χ1n) is 9.76. The molecule has 0 fully saturated rings. The molecule has 4 atom stereocenters. The van der Waals surface area contributed by atoms with Crippen molar-refractivity contribution < 1.29 is 40.5 Å². The van der Waals surface area contributed by atoms with Gasteiger partial charge in [-0.05, 0) is 40.2 Å². The van der Waals surface area contributed by atoms with Crippen molar-refractivity contribution >= 4 is 49.9 Å². The highest BCUT2D eigenvalue weighted by Gasteiger charge is 2.33. The maximum absolute atomic E-state index is 10.3. The minimum atomic E-state index is -1.74. The molecule has 34 heavy (non-hydrogen) atoms. The van der Waals surface area contributed by atoms with Gasteiger partial charge in [0.2, 0.25) is 0 Å². The van der Waals surface area contributed by atoms with Gasteiger partial charge in [0.15, 0.2) is 17.6 Å². The van der Waals surface area contributed by atoms with Crippen molar-refractivity contribution in [2.24, 2.45) is 0 Å². The molecule has 11 nitrogen and oxygen atoms in total. The van der Waals surface area contributed by atoms with Crippen molar-refractivity contribution in [1.82, 2.24) is 9.97 Å². The molecule has 13 heteroatoms. The molecule has 0 aliphatic rings. The highest BCUT2D eigenvalue weighted by Crippen LogP contribution is 2.36. The van der Waals surface area contributed by atoms with Crippen LogP contribution in [0.5, 0.6) is 11.5 Å². The normalized spacial score (nSPS) is 14.6. The molecule has 0 unspecified atom stereocenters. The summed E-state index contributed by atoms with van der Waals surface area (Å²) in [5.74, 6) is 0.852. The number of aliphatic hydroxyl groups excluding tert-OH is 5. The molecule has 8 N–H and O–H groups in total. The van der Waals surface area contributed by atoms with Crippen molar-refractivity contribution in [2.75, 3.05) is 25.6 Å². The molecule has 0 aliphatic carbocycles. The summed E-state index contributed by atoms with van der Waals surface area (Å²) in [7, 11) is 1.41. The minimum Gasteiger partial charge on any atom is -0.493 e. The molecule has 0 aliphatic heterocycles. The Hall–Kier alpha value is -2.29. The molecular weight excluding hydrogens is 538 g/mol. The monoisotopic (exact) mass is 561 g/mol. The van der Waals surface area contributed by atoms with Crippen molar-refractivity contribution in [3.63, 3.8) is 0 Å². The van der Waals surface area contributed by atoms with Gasteiger partial charge in [-0.15, -0.1) is 0 Å². The zero-order chi connectivity index (χ0) is 24.1. The summed E-state index contributed by atoms with van der Waals surface area (Å²) in [6, 6.07) is 8.49. The van der Waals surface area contributed by atoms with Crippen LogP contribution in [0.3, 0.4) is 0 Å². The van der Waals surface area contributed by atoms with E-state index in [9.17, 15) is 20.4 Å². The third-order valence-electron chi connectivity index (χ3n) is 4.87. The smallest absolute Gasteiger partial charge is 0.164 e. The molecule has 0 spiro atoms. The second-order valence-electron chi connectivity index (χ2n) is 7.07. The number of nitrogens with one attached hydrogen (secondary N) is 1. The average molecular weight is 563 g/mol. The second kappa shape index (κ2) is 12.4. The van der Waals surface area contributed by atoms with Gasteiger partial charge in [-0.25, -0.2) is 9.97 Å². The van der Waals surface area contributed by atoms with Crippen LogP contribution in [0.4, 0.5) is 11.5 Å². The Morgan fingerprint density at radius 3 is 2.38 bits per heavy atom. The maximum atomic E-state index is 10.3. The van der Waals surface area contributed by atoms with Crippen LogP contribution < -0.4 is 14.8 Å². The molecule has 3 aromatic rings. The molecular formula is C21H25BrClN3O8. The fourth-order valence-electron chi connectivity index (χ4n) is 3.06. The van der Waals surface area contributed by atoms with Gasteiger partial charge in [0.25, 0.3) is 0 Å². The summed E-state index contributed by atoms with van der Waals surface area (Å²) >= 11 is 9.51. The van der Waals surface area contributed by atoms with E-state index in [1.54, 1.807) is 18.2 Å². The zero-order valence-corrected chi connectivity index (χ0v) is 20.2. The Morgan fingerprint density at radius 2 is 1.76 bits per heavy atom. The van der Waals surface area contributed by atoms with Gasteiger partial charge in [-0.1, -0.05) is 11.6 Å². The first-order chi connectivity index (χ1) is 15.8. The molecule has 0 saturated heterocycles. The van der Waals surface area contributed by atoms with E-state index >= 15 is 0 Å². The van der Waals surface area contributed by atoms with Crippen LogP contribution in [0.25, 0.3) is 10.9 Å². The Bertz CT molecular complexity index is 1110. The zero-order valence-electron chi connectivity index (χ0n) is 17.9. The Labute approximate surface area is 208 Å². The maximum Gasteiger partial charge on any atom is 0.164 e. The number of hydrogen-bond acceptors (Lipinski definition) is 10. The van der Waals surface area contributed by atoms with Crippen LogP contribution in [0, 0.1) is 0 Å². The SMILES string of the molecule is COc1cc2c(Nc3ccc(Br)c(Cl)c3)ncnc2cc1O[C@@H](CO)[C@@H](O)[C@H](O)[C@@H](O)CO.O. The quantitative estimate of drug-likeness (QED) is 0.206. The van der Waals surface area contributed by atoms with E-state index < -0.39 is 37.6 Å². The van der Waals surface area contributed by atoms with Gasteiger partial charge in [-0.3, -0.25) is 0 Å². The summed E-state index contributed by atoms with van der Waals surface area (Å²) in [6.07, 6.45) is -5.01. The van der Waals surface area contributed by atoms with E-state index in [1.807, 2.05) is 6.07 Å². The summed E-state index contributed by atoms with van der Waals surface area (Å²) in [5.41, 5.74) is 1.16. The number of aliphatic hydroxyl groups is 5. The fourth-order valence-corrected chi connectivity index (χ4v) is 3.49. The number of fused-ring (bicyclic) bond motifs is 1. The first kappa shape index (κ1) is 28.0. The molecule has 3 rings (SSSR count). The number of halogens is 2. The predicted octanol–water partition coefficient (Wildman–Crippen LogP) is 0.788. The van der Waals surface area contributed by atoms with E-state index in [1.165, 1.54) is 19.5 Å². The lowest BCUT2D eigenvalue weighted by molar-refractivity contribution is -0.117. The van der Waals surface area contributed by atoms with Gasteiger partial charge in [0.05, 0.1) is 30.9 Å². The lowest BCUT2D eigenvalue weighted by Crippen LogP contribution is -2.49. The standard InChI is InChI=1S/C21H23BrClN3O7.H2O/c1-32-16-5-11-14(6-17(16)33-18(8-28)20(31)19(30)15(29)7-27)24-9-25-21(11)26-10-2-3-12(22)13(23)4-10;/h2-6,9,15,18-20,27-31H,7-8H2,1H3,(H,24,25,26);1H2/t15-,18-,19+,20+;/m0./s1. The molecule has 0 amide bonds. The number of ether oxygens (including phenoxy) is 2. The van der Waals surface area contributed by atoms with Crippen molar-refractivity contribution in [3.8, 4) is 11.5 Å². The van der Waals surface area contributed by atoms with Gasteiger partial charge in [0.1, 0.15) is 30.5 Å². The second-order valence-corrected chi connectivity index (χ2v) is 8.33. The number of methoxy groups -OCH3 is 1. The van der Waals surface area contributed by atoms with Crippen LogP contribution in [0.2, 0.25) is 5.02 Å². The summed E-state index contributed by atoms with van der Waals surface area (Å²) in [4.78, 5) is 8.52. The summed E-state index contributed by atoms with van der Waals surface area (Å²) in [5, 5.41) is 52.7. The van der Waals surface area contributed by atoms with Gasteiger partial charge in [-0.2, -0.15) is 0 Å². The van der Waals surface area contributed by atoms with Crippen molar-refractivity contribution in [1.29, 1.82) is 0 Å². The van der Waals surface area contributed by atoms with Crippen molar-refractivity contribution in [2.45, 2.75) is 24.4 Å². The Morgan fingerprint density at radius 1 is 1.03 bits per heavy atom. The minimum absolute atomic E-state index is 0. The highest BCUT2D eigenvalue weighted by molar-refractivity contribution is 9.10. The van der Waals surface area contributed by atoms with Gasteiger partial charge >= 0.3 is 0 Å². The van der Waals surface area contributed by atoms with Crippen molar-refractivity contribution in [3.05, 3.63) is 46.2 Å². The van der Waals surface area contributed by atoms with Crippen LogP contribution in [-0.4, -0.2) is 85.7 Å². The molecule has 1 heterocycles. The molecule has 0 bridgehead atoms. The molecule has 1 aromatic heterocycles. The molecule has 186 valence electrons. The Kier molecular flexibility index (Phi) is 10.2. The topological polar surface area (TPSA) is 189 Å². The van der Waals surface area contributed by atoms with E-state index in [4.69, 9.17) is 26.2 Å². The number of rotatable bonds is 10. The lowest BCUT2D eigenvalue weighted by atomic mass is 10.0. The Balaban J connectivity index is 0.00000408. The van der Waals surface area contributed by atoms with Gasteiger partial charge < -0.3 is 45.8 Å². The van der Waals surface area contributed by atoms with E-state index in [0.29, 0.717) is 27.4 Å². The third-order valence-corrected chi connectivity index (χ3v) is 6.11. The van der Waals surface area contributed by atoms with E-state index in [0.717, 1.165) is 4.47 Å². The van der Waals surface area contributed by atoms with E-state index in [-0.39, 0.29) is 17.0 Å². The highest BCUT2D eigenvalue weighted by atomic mass is 79.9. The van der Waals surface area contributed by atoms with Gasteiger partial charge in [0, 0.05) is 21.6 Å². The number of anilines is 2. The first-order valence-corrected chi connectivity index (χ1v) is 10.9. The number of hydrogen-bond donors (Lipinski definition) is 6.